The molecule has 1 N–H and O–H groups in total. The molecule has 3 nitrogen and oxygen atoms in total. The molecule has 0 radical (unpaired) electrons. The van der Waals surface area contributed by atoms with Crippen LogP contribution in [0.4, 0.5) is 8.78 Å². The average molecular weight is 311 g/mol. The average Bonchev–Trinajstić information content (AvgIpc) is 2.41. The fraction of sp³-hybridized carbons (Fsp3) is 0.200. The summed E-state index contributed by atoms with van der Waals surface area (Å²) in [5.74, 6) is -1.39. The monoisotopic (exact) mass is 311 g/mol. The van der Waals surface area contributed by atoms with Crippen LogP contribution in [-0.4, -0.2) is 8.42 Å². The van der Waals surface area contributed by atoms with E-state index >= 15 is 0 Å². The number of benzene rings is 2. The van der Waals surface area contributed by atoms with Crippen LogP contribution in [0, 0.1) is 11.6 Å². The second kappa shape index (κ2) is 6.32. The molecule has 112 valence electrons. The van der Waals surface area contributed by atoms with E-state index in [9.17, 15) is 17.2 Å². The number of rotatable bonds is 5. The van der Waals surface area contributed by atoms with E-state index in [1.165, 1.54) is 42.5 Å². The molecule has 21 heavy (non-hydrogen) atoms. The third kappa shape index (κ3) is 4.34. The van der Waals surface area contributed by atoms with Gasteiger partial charge in [0.05, 0.1) is 5.75 Å². The fourth-order valence-electron chi connectivity index (χ4n) is 1.95. The molecule has 0 spiro atoms. The maximum atomic E-state index is 13.5. The highest BCUT2D eigenvalue weighted by atomic mass is 32.2. The van der Waals surface area contributed by atoms with Crippen molar-refractivity contribution in [3.63, 3.8) is 0 Å². The van der Waals surface area contributed by atoms with Crippen molar-refractivity contribution in [3.8, 4) is 0 Å². The third-order valence-corrected chi connectivity index (χ3v) is 4.43. The maximum Gasteiger partial charge on any atom is 0.216 e. The summed E-state index contributed by atoms with van der Waals surface area (Å²) in [5, 5.41) is 0. The fourth-order valence-corrected chi connectivity index (χ4v) is 3.35. The van der Waals surface area contributed by atoms with Crippen LogP contribution in [0.15, 0.2) is 48.5 Å². The molecule has 0 bridgehead atoms. The first-order valence-corrected chi connectivity index (χ1v) is 8.01. The minimum Gasteiger partial charge on any atom is -0.212 e. The van der Waals surface area contributed by atoms with E-state index in [1.807, 2.05) is 0 Å². The molecule has 0 aliphatic carbocycles. The van der Waals surface area contributed by atoms with Gasteiger partial charge in [-0.1, -0.05) is 30.3 Å². The topological polar surface area (TPSA) is 46.2 Å². The van der Waals surface area contributed by atoms with Gasteiger partial charge in [-0.15, -0.1) is 0 Å². The quantitative estimate of drug-likeness (QED) is 0.922. The molecule has 0 aliphatic heterocycles. The first-order chi connectivity index (χ1) is 9.87. The highest BCUT2D eigenvalue weighted by Crippen LogP contribution is 2.16. The number of nitrogens with one attached hydrogen (secondary N) is 1. The van der Waals surface area contributed by atoms with E-state index in [0.717, 1.165) is 0 Å². The Hall–Kier alpha value is -1.79. The summed E-state index contributed by atoms with van der Waals surface area (Å²) < 4.78 is 52.9. The van der Waals surface area contributed by atoms with Crippen LogP contribution in [0.3, 0.4) is 0 Å². The molecule has 1 atom stereocenters. The predicted octanol–water partition coefficient (Wildman–Crippen LogP) is 3.15. The molecule has 2 aromatic carbocycles. The van der Waals surface area contributed by atoms with Gasteiger partial charge < -0.3 is 0 Å². The smallest absolute Gasteiger partial charge is 0.212 e. The largest absolute Gasteiger partial charge is 0.216 e. The van der Waals surface area contributed by atoms with Crippen molar-refractivity contribution < 1.29 is 17.2 Å². The van der Waals surface area contributed by atoms with Gasteiger partial charge in [-0.05, 0) is 30.7 Å². The van der Waals surface area contributed by atoms with Gasteiger partial charge >= 0.3 is 0 Å². The van der Waals surface area contributed by atoms with Crippen molar-refractivity contribution in [1.29, 1.82) is 0 Å². The third-order valence-electron chi connectivity index (χ3n) is 3.03. The summed E-state index contributed by atoms with van der Waals surface area (Å²) >= 11 is 0. The summed E-state index contributed by atoms with van der Waals surface area (Å²) in [7, 11) is -3.70. The number of sulfonamides is 1. The molecule has 0 fully saturated rings. The van der Waals surface area contributed by atoms with Crippen molar-refractivity contribution in [2.75, 3.05) is 0 Å². The van der Waals surface area contributed by atoms with E-state index in [-0.39, 0.29) is 11.4 Å². The van der Waals surface area contributed by atoms with E-state index in [0.29, 0.717) is 5.56 Å². The molecular formula is C15H15F2NO2S. The molecule has 0 unspecified atom stereocenters. The molecule has 0 saturated heterocycles. The van der Waals surface area contributed by atoms with Gasteiger partial charge in [0.25, 0.3) is 0 Å². The van der Waals surface area contributed by atoms with Crippen molar-refractivity contribution >= 4 is 10.0 Å². The Labute approximate surface area is 122 Å². The number of halogens is 2. The van der Waals surface area contributed by atoms with Crippen molar-refractivity contribution in [2.24, 2.45) is 0 Å². The van der Waals surface area contributed by atoms with Gasteiger partial charge in [0.2, 0.25) is 10.0 Å². The Morgan fingerprint density at radius 2 is 1.67 bits per heavy atom. The van der Waals surface area contributed by atoms with Gasteiger partial charge in [-0.3, -0.25) is 0 Å². The molecule has 0 aliphatic rings. The van der Waals surface area contributed by atoms with Crippen LogP contribution in [-0.2, 0) is 15.8 Å². The lowest BCUT2D eigenvalue weighted by molar-refractivity contribution is 0.561. The van der Waals surface area contributed by atoms with Crippen LogP contribution in [0.1, 0.15) is 24.1 Å². The summed E-state index contributed by atoms with van der Waals surface area (Å²) in [6.45, 7) is 1.64. The highest BCUT2D eigenvalue weighted by Gasteiger charge is 2.18. The second-order valence-electron chi connectivity index (χ2n) is 4.74. The molecule has 0 saturated carbocycles. The molecule has 0 amide bonds. The van der Waals surface area contributed by atoms with Crippen LogP contribution >= 0.6 is 0 Å². The molecular weight excluding hydrogens is 296 g/mol. The Balaban J connectivity index is 2.10. The molecule has 2 rings (SSSR count). The summed E-state index contributed by atoms with van der Waals surface area (Å²) in [6.07, 6.45) is 0. The van der Waals surface area contributed by atoms with E-state index in [1.54, 1.807) is 13.0 Å². The minimum atomic E-state index is -3.70. The zero-order chi connectivity index (χ0) is 15.5. The lowest BCUT2D eigenvalue weighted by Crippen LogP contribution is -2.28. The zero-order valence-electron chi connectivity index (χ0n) is 11.4. The van der Waals surface area contributed by atoms with E-state index in [4.69, 9.17) is 0 Å². The van der Waals surface area contributed by atoms with Gasteiger partial charge in [0.15, 0.2) is 0 Å². The molecule has 0 aromatic heterocycles. The number of hydrogen-bond donors (Lipinski definition) is 1. The van der Waals surface area contributed by atoms with Gasteiger partial charge in [0.1, 0.15) is 11.6 Å². The Morgan fingerprint density at radius 3 is 2.29 bits per heavy atom. The first-order valence-electron chi connectivity index (χ1n) is 6.36. The van der Waals surface area contributed by atoms with Gasteiger partial charge in [-0.25, -0.2) is 21.9 Å². The number of hydrogen-bond acceptors (Lipinski definition) is 2. The van der Waals surface area contributed by atoms with Crippen molar-refractivity contribution in [1.82, 2.24) is 4.72 Å². The lowest BCUT2D eigenvalue weighted by Gasteiger charge is -2.15. The Kier molecular flexibility index (Phi) is 4.69. The van der Waals surface area contributed by atoms with Crippen LogP contribution in [0.25, 0.3) is 0 Å². The standard InChI is InChI=1S/C15H15F2NO2S/c1-11(12-6-8-14(16)9-7-12)18-21(19,20)10-13-4-2-3-5-15(13)17/h2-9,11,18H,10H2,1H3/t11-/m0/s1. The van der Waals surface area contributed by atoms with E-state index in [2.05, 4.69) is 4.72 Å². The van der Waals surface area contributed by atoms with Crippen molar-refractivity contribution in [3.05, 3.63) is 71.3 Å². The SMILES string of the molecule is C[C@H](NS(=O)(=O)Cc1ccccc1F)c1ccc(F)cc1. The normalized spacial score (nSPS) is 13.1. The van der Waals surface area contributed by atoms with Crippen LogP contribution < -0.4 is 4.72 Å². The van der Waals surface area contributed by atoms with Gasteiger partial charge in [0, 0.05) is 11.6 Å². The molecule has 2 aromatic rings. The second-order valence-corrected chi connectivity index (χ2v) is 6.50. The predicted molar refractivity (Wildman–Crippen MR) is 77.0 cm³/mol. The van der Waals surface area contributed by atoms with E-state index < -0.39 is 27.6 Å². The summed E-state index contributed by atoms with van der Waals surface area (Å²) in [5.41, 5.74) is 0.741. The highest BCUT2D eigenvalue weighted by molar-refractivity contribution is 7.88. The maximum absolute atomic E-state index is 13.5. The molecule has 6 heteroatoms. The minimum absolute atomic E-state index is 0.108. The Morgan fingerprint density at radius 1 is 1.05 bits per heavy atom. The molecule has 0 heterocycles. The summed E-state index contributed by atoms with van der Waals surface area (Å²) in [4.78, 5) is 0. The first kappa shape index (κ1) is 15.6. The van der Waals surface area contributed by atoms with Crippen molar-refractivity contribution in [2.45, 2.75) is 18.7 Å². The van der Waals surface area contributed by atoms with Gasteiger partial charge in [-0.2, -0.15) is 0 Å². The zero-order valence-corrected chi connectivity index (χ0v) is 12.2. The Bertz CT molecular complexity index is 715. The van der Waals surface area contributed by atoms with Crippen LogP contribution in [0.2, 0.25) is 0 Å². The lowest BCUT2D eigenvalue weighted by atomic mass is 10.1. The summed E-state index contributed by atoms with van der Waals surface area (Å²) in [6, 6.07) is 10.7. The van der Waals surface area contributed by atoms with Crippen LogP contribution in [0.5, 0.6) is 0 Å².